The average molecular weight is 429 g/mol. The molecule has 6 nitrogen and oxygen atoms in total. The summed E-state index contributed by atoms with van der Waals surface area (Å²) in [7, 11) is 1.64. The topological polar surface area (TPSA) is 68.5 Å². The first-order valence-corrected chi connectivity index (χ1v) is 10.8. The summed E-state index contributed by atoms with van der Waals surface area (Å²) >= 11 is 0. The van der Waals surface area contributed by atoms with Gasteiger partial charge in [0, 0.05) is 29.9 Å². The molecule has 2 heterocycles. The highest BCUT2D eigenvalue weighted by molar-refractivity contribution is 5.80. The number of amides is 1. The second-order valence-electron chi connectivity index (χ2n) is 7.95. The van der Waals surface area contributed by atoms with E-state index in [9.17, 15) is 4.79 Å². The van der Waals surface area contributed by atoms with E-state index in [2.05, 4.69) is 17.4 Å². The summed E-state index contributed by atoms with van der Waals surface area (Å²) in [6.07, 6.45) is 1.02. The Hall–Kier alpha value is -3.67. The maximum Gasteiger partial charge on any atom is 0.220 e. The number of fused-ring (bicyclic) bond motifs is 1. The molecule has 0 bridgehead atoms. The monoisotopic (exact) mass is 428 g/mol. The highest BCUT2D eigenvalue weighted by atomic mass is 16.5. The van der Waals surface area contributed by atoms with Crippen LogP contribution in [0.1, 0.15) is 34.6 Å². The van der Waals surface area contributed by atoms with Crippen LogP contribution in [0, 0.1) is 20.8 Å². The van der Waals surface area contributed by atoms with Gasteiger partial charge in [-0.2, -0.15) is 5.10 Å². The summed E-state index contributed by atoms with van der Waals surface area (Å²) in [5, 5.41) is 7.75. The minimum Gasteiger partial charge on any atom is -0.497 e. The predicted octanol–water partition coefficient (Wildman–Crippen LogP) is 4.58. The van der Waals surface area contributed by atoms with E-state index in [4.69, 9.17) is 14.8 Å². The first kappa shape index (κ1) is 21.6. The normalized spacial score (nSPS) is 11.0. The molecule has 2 aromatic carbocycles. The summed E-state index contributed by atoms with van der Waals surface area (Å²) < 4.78 is 7.08. The standard InChI is InChI=1S/C26H28N4O2/c1-17-23(14-15-24(31)27-16-20-10-12-22(32-4)13-11-20)19(3)30-26(28-17)25(18(2)29-30)21-8-6-5-7-9-21/h5-13H,14-16H2,1-4H3,(H,27,31). The van der Waals surface area contributed by atoms with E-state index in [0.29, 0.717) is 19.4 Å². The number of nitrogens with one attached hydrogen (secondary N) is 1. The fourth-order valence-electron chi connectivity index (χ4n) is 4.04. The largest absolute Gasteiger partial charge is 0.497 e. The summed E-state index contributed by atoms with van der Waals surface area (Å²) in [5.74, 6) is 0.819. The minimum absolute atomic E-state index is 0.0151. The Balaban J connectivity index is 1.49. The van der Waals surface area contributed by atoms with Gasteiger partial charge in [0.05, 0.1) is 12.8 Å². The molecule has 4 aromatic rings. The number of hydrogen-bond donors (Lipinski definition) is 1. The van der Waals surface area contributed by atoms with Crippen molar-refractivity contribution in [3.05, 3.63) is 82.8 Å². The third-order valence-corrected chi connectivity index (χ3v) is 5.81. The van der Waals surface area contributed by atoms with Crippen LogP contribution in [0.5, 0.6) is 5.75 Å². The van der Waals surface area contributed by atoms with Crippen LogP contribution in [-0.2, 0) is 17.8 Å². The smallest absolute Gasteiger partial charge is 0.220 e. The second kappa shape index (κ2) is 9.22. The Morgan fingerprint density at radius 3 is 2.41 bits per heavy atom. The predicted molar refractivity (Wildman–Crippen MR) is 126 cm³/mol. The molecule has 1 N–H and O–H groups in total. The highest BCUT2D eigenvalue weighted by Crippen LogP contribution is 2.29. The van der Waals surface area contributed by atoms with Crippen LogP contribution in [0.15, 0.2) is 54.6 Å². The fourth-order valence-corrected chi connectivity index (χ4v) is 4.04. The van der Waals surface area contributed by atoms with Crippen molar-refractivity contribution >= 4 is 11.6 Å². The first-order chi connectivity index (χ1) is 15.5. The molecule has 4 rings (SSSR count). The Kier molecular flexibility index (Phi) is 6.21. The van der Waals surface area contributed by atoms with E-state index in [1.807, 2.05) is 67.8 Å². The number of aromatic nitrogens is 3. The third kappa shape index (κ3) is 4.35. The zero-order valence-electron chi connectivity index (χ0n) is 19.0. The SMILES string of the molecule is COc1ccc(CNC(=O)CCc2c(C)nc3c(-c4ccccc4)c(C)nn3c2C)cc1. The van der Waals surface area contributed by atoms with Gasteiger partial charge >= 0.3 is 0 Å². The molecule has 0 saturated carbocycles. The molecule has 0 aliphatic carbocycles. The van der Waals surface area contributed by atoms with Crippen LogP contribution in [0.25, 0.3) is 16.8 Å². The van der Waals surface area contributed by atoms with Gasteiger partial charge < -0.3 is 10.1 Å². The average Bonchev–Trinajstić information content (AvgIpc) is 3.14. The van der Waals surface area contributed by atoms with Gasteiger partial charge in [0.1, 0.15) is 5.75 Å². The van der Waals surface area contributed by atoms with Crippen molar-refractivity contribution in [2.45, 2.75) is 40.2 Å². The van der Waals surface area contributed by atoms with Gasteiger partial charge in [-0.05, 0) is 56.0 Å². The summed E-state index contributed by atoms with van der Waals surface area (Å²) in [5.41, 5.74) is 8.04. The number of hydrogen-bond acceptors (Lipinski definition) is 4. The first-order valence-electron chi connectivity index (χ1n) is 10.8. The molecular formula is C26H28N4O2. The Morgan fingerprint density at radius 1 is 1.00 bits per heavy atom. The molecule has 0 spiro atoms. The Bertz CT molecular complexity index is 1240. The van der Waals surface area contributed by atoms with Crippen molar-refractivity contribution in [1.29, 1.82) is 0 Å². The van der Waals surface area contributed by atoms with Crippen LogP contribution in [0.2, 0.25) is 0 Å². The van der Waals surface area contributed by atoms with E-state index in [1.54, 1.807) is 7.11 Å². The van der Waals surface area contributed by atoms with Crippen LogP contribution in [-0.4, -0.2) is 27.6 Å². The number of ether oxygens (including phenoxy) is 1. The van der Waals surface area contributed by atoms with Crippen molar-refractivity contribution in [2.75, 3.05) is 7.11 Å². The molecule has 0 unspecified atom stereocenters. The molecule has 2 aromatic heterocycles. The number of carbonyl (C=O) groups excluding carboxylic acids is 1. The van der Waals surface area contributed by atoms with Gasteiger partial charge in [-0.15, -0.1) is 0 Å². The Labute approximate surface area is 188 Å². The number of nitrogens with zero attached hydrogens (tertiary/aromatic N) is 3. The van der Waals surface area contributed by atoms with Gasteiger partial charge in [-0.1, -0.05) is 42.5 Å². The summed E-state index contributed by atoms with van der Waals surface area (Å²) in [4.78, 5) is 17.3. The molecule has 0 aliphatic heterocycles. The van der Waals surface area contributed by atoms with Gasteiger partial charge in [0.2, 0.25) is 5.91 Å². The van der Waals surface area contributed by atoms with E-state index in [1.165, 1.54) is 0 Å². The van der Waals surface area contributed by atoms with Crippen LogP contribution in [0.3, 0.4) is 0 Å². The number of methoxy groups -OCH3 is 1. The van der Waals surface area contributed by atoms with Crippen molar-refractivity contribution in [1.82, 2.24) is 19.9 Å². The van der Waals surface area contributed by atoms with E-state index < -0.39 is 0 Å². The maximum atomic E-state index is 12.5. The lowest BCUT2D eigenvalue weighted by atomic mass is 10.0. The minimum atomic E-state index is 0.0151. The molecule has 0 saturated heterocycles. The molecule has 0 fully saturated rings. The van der Waals surface area contributed by atoms with E-state index in [-0.39, 0.29) is 5.91 Å². The molecule has 0 aliphatic rings. The quantitative estimate of drug-likeness (QED) is 0.468. The molecule has 0 atom stereocenters. The van der Waals surface area contributed by atoms with Gasteiger partial charge in [0.15, 0.2) is 5.65 Å². The molecule has 0 radical (unpaired) electrons. The molecule has 1 amide bonds. The van der Waals surface area contributed by atoms with Gasteiger partial charge in [-0.3, -0.25) is 4.79 Å². The fraction of sp³-hybridized carbons (Fsp3) is 0.269. The molecule has 32 heavy (non-hydrogen) atoms. The molecule has 164 valence electrons. The number of rotatable bonds is 7. The molecular weight excluding hydrogens is 400 g/mol. The summed E-state index contributed by atoms with van der Waals surface area (Å²) in [6, 6.07) is 17.9. The number of aryl methyl sites for hydroxylation is 3. The van der Waals surface area contributed by atoms with Crippen LogP contribution < -0.4 is 10.1 Å². The lowest BCUT2D eigenvalue weighted by Crippen LogP contribution is -2.23. The summed E-state index contributed by atoms with van der Waals surface area (Å²) in [6.45, 7) is 6.57. The highest BCUT2D eigenvalue weighted by Gasteiger charge is 2.18. The van der Waals surface area contributed by atoms with Crippen LogP contribution in [0.4, 0.5) is 0 Å². The maximum absolute atomic E-state index is 12.5. The van der Waals surface area contributed by atoms with Crippen molar-refractivity contribution < 1.29 is 9.53 Å². The van der Waals surface area contributed by atoms with Crippen LogP contribution >= 0.6 is 0 Å². The van der Waals surface area contributed by atoms with Gasteiger partial charge in [0.25, 0.3) is 0 Å². The molecule has 6 heteroatoms. The lowest BCUT2D eigenvalue weighted by Gasteiger charge is -2.12. The van der Waals surface area contributed by atoms with Gasteiger partial charge in [-0.25, -0.2) is 9.50 Å². The zero-order valence-corrected chi connectivity index (χ0v) is 19.0. The Morgan fingerprint density at radius 2 is 1.72 bits per heavy atom. The number of carbonyl (C=O) groups is 1. The number of benzene rings is 2. The zero-order chi connectivity index (χ0) is 22.7. The van der Waals surface area contributed by atoms with Crippen molar-refractivity contribution in [3.8, 4) is 16.9 Å². The second-order valence-corrected chi connectivity index (χ2v) is 7.95. The van der Waals surface area contributed by atoms with Crippen molar-refractivity contribution in [2.24, 2.45) is 0 Å². The van der Waals surface area contributed by atoms with E-state index in [0.717, 1.165) is 50.7 Å². The lowest BCUT2D eigenvalue weighted by molar-refractivity contribution is -0.121. The van der Waals surface area contributed by atoms with Crippen molar-refractivity contribution in [3.63, 3.8) is 0 Å². The van der Waals surface area contributed by atoms with E-state index >= 15 is 0 Å². The third-order valence-electron chi connectivity index (χ3n) is 5.81.